The first-order chi connectivity index (χ1) is 19.5. The lowest BCUT2D eigenvalue weighted by Crippen LogP contribution is -2.78. The number of hydrogen-bond donors (Lipinski definition) is 6. The summed E-state index contributed by atoms with van der Waals surface area (Å²) < 4.78 is 28.9. The second-order valence-corrected chi connectivity index (χ2v) is 12.9. The number of carbonyl (C=O) groups is 2. The number of amidine groups is 1. The van der Waals surface area contributed by atoms with E-state index in [0.29, 0.717) is 13.0 Å². The summed E-state index contributed by atoms with van der Waals surface area (Å²) in [5.41, 5.74) is 5.46. The van der Waals surface area contributed by atoms with E-state index < -0.39 is 38.2 Å². The molecule has 0 aliphatic carbocycles. The van der Waals surface area contributed by atoms with Crippen LogP contribution < -0.4 is 21.7 Å². The fraction of sp³-hybridized carbons (Fsp3) is 0.367. The maximum atomic E-state index is 14.4. The summed E-state index contributed by atoms with van der Waals surface area (Å²) in [6.07, 6.45) is 1.04. The molecule has 0 spiro atoms. The van der Waals surface area contributed by atoms with Gasteiger partial charge in [-0.05, 0) is 74.2 Å². The molecule has 1 amide bonds. The molecule has 3 aromatic carbocycles. The molecule has 7 N–H and O–H groups in total. The first kappa shape index (κ1) is 30.3. The molecule has 0 radical (unpaired) electrons. The van der Waals surface area contributed by atoms with Crippen molar-refractivity contribution < 1.29 is 23.1 Å². The van der Waals surface area contributed by atoms with Crippen molar-refractivity contribution in [2.45, 2.75) is 60.4 Å². The number of carbonyl (C=O) groups excluding carboxylic acids is 1. The van der Waals surface area contributed by atoms with Gasteiger partial charge in [0.05, 0.1) is 10.9 Å². The maximum absolute atomic E-state index is 14.4. The normalized spacial score (nSPS) is 21.7. The highest BCUT2D eigenvalue weighted by atomic mass is 32.2. The number of nitrogens with two attached hydrogens (primary N) is 1. The summed E-state index contributed by atoms with van der Waals surface area (Å²) in [5.74, 6) is -1.92. The number of rotatable bonds is 11. The van der Waals surface area contributed by atoms with Crippen LogP contribution in [0, 0.1) is 5.41 Å². The highest BCUT2D eigenvalue weighted by Gasteiger charge is 2.61. The number of fused-ring (bicyclic) bond motifs is 1. The molecule has 218 valence electrons. The highest BCUT2D eigenvalue weighted by Crippen LogP contribution is 2.40. The van der Waals surface area contributed by atoms with Crippen LogP contribution in [0.25, 0.3) is 10.8 Å². The van der Waals surface area contributed by atoms with Gasteiger partial charge in [-0.25, -0.2) is 8.42 Å². The van der Waals surface area contributed by atoms with Crippen molar-refractivity contribution in [1.82, 2.24) is 16.0 Å². The molecular weight excluding hydrogens is 542 g/mol. The number of sulfone groups is 1. The summed E-state index contributed by atoms with van der Waals surface area (Å²) in [5, 5.41) is 28.9. The third kappa shape index (κ3) is 6.18. The van der Waals surface area contributed by atoms with Gasteiger partial charge in [-0.3, -0.25) is 20.3 Å². The number of carboxylic acids is 1. The van der Waals surface area contributed by atoms with E-state index in [1.807, 2.05) is 54.6 Å². The van der Waals surface area contributed by atoms with Gasteiger partial charge in [-0.2, -0.15) is 0 Å². The van der Waals surface area contributed by atoms with E-state index in [9.17, 15) is 18.0 Å². The monoisotopic (exact) mass is 579 g/mol. The topological polar surface area (TPSA) is 174 Å². The van der Waals surface area contributed by atoms with Crippen molar-refractivity contribution >= 4 is 38.3 Å². The first-order valence-corrected chi connectivity index (χ1v) is 15.1. The third-order valence-electron chi connectivity index (χ3n) is 7.88. The Kier molecular flexibility index (Phi) is 9.23. The van der Waals surface area contributed by atoms with E-state index in [0.717, 1.165) is 16.3 Å². The molecule has 3 atom stereocenters. The quantitative estimate of drug-likeness (QED) is 0.114. The smallest absolute Gasteiger partial charge is 0.303 e. The van der Waals surface area contributed by atoms with E-state index in [1.165, 1.54) is 6.92 Å². The van der Waals surface area contributed by atoms with Crippen LogP contribution in [0.5, 0.6) is 0 Å². The van der Waals surface area contributed by atoms with Gasteiger partial charge in [-0.1, -0.05) is 60.7 Å². The fourth-order valence-corrected chi connectivity index (χ4v) is 7.53. The number of nitrogens with one attached hydrogen (secondary N) is 4. The van der Waals surface area contributed by atoms with Gasteiger partial charge < -0.3 is 21.5 Å². The van der Waals surface area contributed by atoms with Crippen molar-refractivity contribution in [3.05, 3.63) is 78.4 Å². The zero-order valence-corrected chi connectivity index (χ0v) is 23.8. The number of carboxylic acid groups (broad SMARTS) is 1. The van der Waals surface area contributed by atoms with Crippen molar-refractivity contribution in [3.8, 4) is 0 Å². The lowest BCUT2D eigenvalue weighted by Gasteiger charge is -2.52. The summed E-state index contributed by atoms with van der Waals surface area (Å²) in [6.45, 7) is 2.01. The minimum absolute atomic E-state index is 0.0738. The molecule has 41 heavy (non-hydrogen) atoms. The van der Waals surface area contributed by atoms with Crippen LogP contribution in [0.2, 0.25) is 0 Å². The van der Waals surface area contributed by atoms with Crippen LogP contribution in [-0.4, -0.2) is 60.8 Å². The lowest BCUT2D eigenvalue weighted by molar-refractivity contribution is -0.137. The zero-order valence-electron chi connectivity index (χ0n) is 23.0. The summed E-state index contributed by atoms with van der Waals surface area (Å²) >= 11 is 0. The Morgan fingerprint density at radius 3 is 2.46 bits per heavy atom. The number of amides is 1. The fourth-order valence-electron chi connectivity index (χ4n) is 5.50. The molecule has 1 aliphatic rings. The van der Waals surface area contributed by atoms with Crippen LogP contribution in [-0.2, 0) is 25.8 Å². The Morgan fingerprint density at radius 1 is 1.07 bits per heavy atom. The van der Waals surface area contributed by atoms with Gasteiger partial charge in [0.15, 0.2) is 9.84 Å². The Labute approximate surface area is 240 Å². The summed E-state index contributed by atoms with van der Waals surface area (Å²) in [6, 6.07) is 20.6. The van der Waals surface area contributed by atoms with Crippen molar-refractivity contribution in [3.63, 3.8) is 0 Å². The number of hydrogen-bond acceptors (Lipinski definition) is 8. The Bertz CT molecular complexity index is 1530. The predicted molar refractivity (Wildman–Crippen MR) is 158 cm³/mol. The minimum Gasteiger partial charge on any atom is -0.481 e. The Hall–Kier alpha value is -3.64. The van der Waals surface area contributed by atoms with E-state index in [4.69, 9.17) is 16.2 Å². The van der Waals surface area contributed by atoms with E-state index in [1.54, 1.807) is 18.2 Å². The third-order valence-corrected chi connectivity index (χ3v) is 10.3. The first-order valence-electron chi connectivity index (χ1n) is 13.6. The largest absolute Gasteiger partial charge is 0.481 e. The molecule has 10 nitrogen and oxygen atoms in total. The standard InChI is InChI=1S/C30H37N5O5S/c1-29(41(39,40)24-15-14-22-11-5-6-12-23(22)20-24)30(16-8-18-33-29,34-17-7-13-26(36)37)28(32)35-27(38)25(31)19-21-9-3-2-4-10-21/h2-6,9-12,14-15,20,25,33-34H,7-8,13,16-19,31H2,1H3,(H,36,37)(H2,32,35,38)/t25-,29?,30?/m0/s1. The minimum atomic E-state index is -4.18. The molecule has 2 unspecified atom stereocenters. The van der Waals surface area contributed by atoms with Gasteiger partial charge >= 0.3 is 5.97 Å². The molecule has 0 saturated carbocycles. The molecule has 11 heteroatoms. The van der Waals surface area contributed by atoms with Gasteiger partial charge in [0.2, 0.25) is 5.91 Å². The molecule has 4 rings (SSSR count). The second kappa shape index (κ2) is 12.5. The van der Waals surface area contributed by atoms with Crippen LogP contribution in [0.3, 0.4) is 0 Å². The molecule has 1 heterocycles. The van der Waals surface area contributed by atoms with Crippen molar-refractivity contribution in [2.24, 2.45) is 5.73 Å². The molecule has 1 saturated heterocycles. The zero-order chi connectivity index (χ0) is 29.7. The van der Waals surface area contributed by atoms with E-state index >= 15 is 0 Å². The average Bonchev–Trinajstić information content (AvgIpc) is 2.96. The van der Waals surface area contributed by atoms with Gasteiger partial charge in [-0.15, -0.1) is 0 Å². The Morgan fingerprint density at radius 2 is 1.76 bits per heavy atom. The molecule has 1 aliphatic heterocycles. The molecule has 1 fully saturated rings. The predicted octanol–water partition coefficient (Wildman–Crippen LogP) is 2.57. The highest BCUT2D eigenvalue weighted by molar-refractivity contribution is 7.93. The number of aliphatic carboxylic acids is 1. The number of benzene rings is 3. The van der Waals surface area contributed by atoms with Gasteiger partial charge in [0, 0.05) is 6.42 Å². The average molecular weight is 580 g/mol. The van der Waals surface area contributed by atoms with E-state index in [2.05, 4.69) is 16.0 Å². The molecular formula is C30H37N5O5S. The molecule has 0 bridgehead atoms. The van der Waals surface area contributed by atoms with Crippen molar-refractivity contribution in [1.29, 1.82) is 5.41 Å². The van der Waals surface area contributed by atoms with Crippen molar-refractivity contribution in [2.75, 3.05) is 13.1 Å². The van der Waals surface area contributed by atoms with Crippen LogP contribution >= 0.6 is 0 Å². The SMILES string of the molecule is CC1(S(=O)(=O)c2ccc3ccccc3c2)NCCCC1(NCCCC(=O)O)C(=N)NC(=O)[C@@H](N)Cc1ccccc1. The van der Waals surface area contributed by atoms with Gasteiger partial charge in [0.1, 0.15) is 16.2 Å². The van der Waals surface area contributed by atoms with Gasteiger partial charge in [0.25, 0.3) is 0 Å². The van der Waals surface area contributed by atoms with Crippen LogP contribution in [0.1, 0.15) is 38.2 Å². The number of piperidine rings is 1. The Balaban J connectivity index is 1.70. The van der Waals surface area contributed by atoms with Crippen LogP contribution in [0.4, 0.5) is 0 Å². The lowest BCUT2D eigenvalue weighted by atomic mass is 9.80. The second-order valence-electron chi connectivity index (χ2n) is 10.6. The molecule has 0 aromatic heterocycles. The summed E-state index contributed by atoms with van der Waals surface area (Å²) in [7, 11) is -4.18. The maximum Gasteiger partial charge on any atom is 0.303 e. The van der Waals surface area contributed by atoms with Crippen LogP contribution in [0.15, 0.2) is 77.7 Å². The summed E-state index contributed by atoms with van der Waals surface area (Å²) in [4.78, 5) is 22.7. The van der Waals surface area contributed by atoms with E-state index in [-0.39, 0.29) is 43.0 Å². The molecule has 3 aromatic rings.